The number of carbonyl (C=O) groups is 1. The Morgan fingerprint density at radius 3 is 2.22 bits per heavy atom. The van der Waals surface area contributed by atoms with Crippen LogP contribution in [0.5, 0.6) is 0 Å². The number of anilines is 1. The second-order valence-electron chi connectivity index (χ2n) is 8.25. The third kappa shape index (κ3) is 3.97. The second-order valence-corrected chi connectivity index (χ2v) is 8.25. The van der Waals surface area contributed by atoms with E-state index in [0.717, 1.165) is 48.2 Å². The molecule has 1 fully saturated rings. The van der Waals surface area contributed by atoms with E-state index in [0.29, 0.717) is 0 Å². The molecule has 0 radical (unpaired) electrons. The molecule has 2 heterocycles. The zero-order valence-corrected chi connectivity index (χ0v) is 17.8. The molecule has 5 rings (SSSR count). The fourth-order valence-corrected chi connectivity index (χ4v) is 4.73. The second kappa shape index (κ2) is 8.85. The summed E-state index contributed by atoms with van der Waals surface area (Å²) in [6.45, 7) is 1.47. The molecule has 0 spiro atoms. The van der Waals surface area contributed by atoms with Crippen LogP contribution in [0, 0.1) is 0 Å². The summed E-state index contributed by atoms with van der Waals surface area (Å²) in [6.07, 6.45) is 1.62. The number of hydrogen-bond donors (Lipinski definition) is 2. The predicted octanol–water partition coefficient (Wildman–Crippen LogP) is 4.35. The van der Waals surface area contributed by atoms with Gasteiger partial charge in [0, 0.05) is 24.8 Å². The molecule has 1 aliphatic heterocycles. The van der Waals surface area contributed by atoms with Crippen molar-refractivity contribution in [3.63, 3.8) is 0 Å². The van der Waals surface area contributed by atoms with Gasteiger partial charge in [-0.2, -0.15) is 0 Å². The average Bonchev–Trinajstić information content (AvgIpc) is 3.17. The summed E-state index contributed by atoms with van der Waals surface area (Å²) in [7, 11) is 0. The molecule has 0 bridgehead atoms. The molecular weight excluding hydrogens is 400 g/mol. The van der Waals surface area contributed by atoms with E-state index in [4.69, 9.17) is 0 Å². The number of piperidine rings is 1. The Morgan fingerprint density at radius 2 is 1.50 bits per heavy atom. The third-order valence-electron chi connectivity index (χ3n) is 6.26. The van der Waals surface area contributed by atoms with Crippen LogP contribution in [0.4, 0.5) is 5.69 Å². The van der Waals surface area contributed by atoms with Gasteiger partial charge in [0.05, 0.1) is 11.0 Å². The SMILES string of the molecule is O=C(Nc1ccccc1)C(c1ccccc1)N1CCC(n2c(=O)[nH]c3ccccc32)CC1. The smallest absolute Gasteiger partial charge is 0.324 e. The number of para-hydroxylation sites is 3. The fraction of sp³-hybridized carbons (Fsp3) is 0.231. The summed E-state index contributed by atoms with van der Waals surface area (Å²) >= 11 is 0. The molecule has 1 aromatic heterocycles. The molecule has 0 aliphatic carbocycles. The number of hydrogen-bond acceptors (Lipinski definition) is 3. The summed E-state index contributed by atoms with van der Waals surface area (Å²) in [5, 5.41) is 3.07. The van der Waals surface area contributed by atoms with Crippen molar-refractivity contribution < 1.29 is 4.79 Å². The van der Waals surface area contributed by atoms with Crippen molar-refractivity contribution in [2.24, 2.45) is 0 Å². The Labute approximate surface area is 186 Å². The maximum Gasteiger partial charge on any atom is 0.326 e. The van der Waals surface area contributed by atoms with E-state index in [1.165, 1.54) is 0 Å². The van der Waals surface area contributed by atoms with Crippen molar-refractivity contribution in [1.82, 2.24) is 14.5 Å². The number of aromatic amines is 1. The van der Waals surface area contributed by atoms with Gasteiger partial charge in [-0.15, -0.1) is 0 Å². The quantitative estimate of drug-likeness (QED) is 0.499. The third-order valence-corrected chi connectivity index (χ3v) is 6.26. The highest BCUT2D eigenvalue weighted by Crippen LogP contribution is 2.31. The van der Waals surface area contributed by atoms with Gasteiger partial charge in [0.1, 0.15) is 6.04 Å². The van der Waals surface area contributed by atoms with Crippen LogP contribution in [0.1, 0.15) is 30.5 Å². The number of carbonyl (C=O) groups excluding carboxylic acids is 1. The van der Waals surface area contributed by atoms with Gasteiger partial charge in [0.2, 0.25) is 5.91 Å². The van der Waals surface area contributed by atoms with Crippen LogP contribution in [-0.4, -0.2) is 33.4 Å². The van der Waals surface area contributed by atoms with Crippen molar-refractivity contribution in [1.29, 1.82) is 0 Å². The maximum absolute atomic E-state index is 13.3. The highest BCUT2D eigenvalue weighted by Gasteiger charge is 2.32. The molecule has 4 aromatic rings. The Balaban J connectivity index is 1.37. The number of nitrogens with zero attached hydrogens (tertiary/aromatic N) is 2. The lowest BCUT2D eigenvalue weighted by Gasteiger charge is -2.37. The van der Waals surface area contributed by atoms with Gasteiger partial charge in [-0.05, 0) is 42.7 Å². The summed E-state index contributed by atoms with van der Waals surface area (Å²) in [6, 6.07) is 27.0. The number of amides is 1. The first-order chi connectivity index (χ1) is 15.7. The van der Waals surface area contributed by atoms with Gasteiger partial charge in [0.15, 0.2) is 0 Å². The summed E-state index contributed by atoms with van der Waals surface area (Å²) < 4.78 is 1.88. The zero-order chi connectivity index (χ0) is 21.9. The predicted molar refractivity (Wildman–Crippen MR) is 127 cm³/mol. The highest BCUT2D eigenvalue weighted by atomic mass is 16.2. The number of rotatable bonds is 5. The van der Waals surface area contributed by atoms with Gasteiger partial charge < -0.3 is 10.3 Å². The van der Waals surface area contributed by atoms with E-state index < -0.39 is 0 Å². The average molecular weight is 427 g/mol. The monoisotopic (exact) mass is 426 g/mol. The number of imidazole rings is 1. The Morgan fingerprint density at radius 1 is 0.875 bits per heavy atom. The van der Waals surface area contributed by atoms with Crippen LogP contribution >= 0.6 is 0 Å². The number of nitrogens with one attached hydrogen (secondary N) is 2. The van der Waals surface area contributed by atoms with Crippen molar-refractivity contribution >= 4 is 22.6 Å². The van der Waals surface area contributed by atoms with Crippen molar-refractivity contribution in [2.75, 3.05) is 18.4 Å². The Hall–Kier alpha value is -3.64. The van der Waals surface area contributed by atoms with Crippen LogP contribution in [0.2, 0.25) is 0 Å². The molecule has 2 N–H and O–H groups in total. The lowest BCUT2D eigenvalue weighted by molar-refractivity contribution is -0.122. The van der Waals surface area contributed by atoms with Crippen molar-refractivity contribution in [3.05, 3.63) is 101 Å². The van der Waals surface area contributed by atoms with E-state index in [-0.39, 0.29) is 23.7 Å². The molecule has 1 amide bonds. The van der Waals surface area contributed by atoms with Crippen molar-refractivity contribution in [3.8, 4) is 0 Å². The summed E-state index contributed by atoms with van der Waals surface area (Å²) in [5.41, 5.74) is 3.51. The number of benzene rings is 3. The Bertz CT molecular complexity index is 1260. The normalized spacial score (nSPS) is 16.1. The van der Waals surface area contributed by atoms with Gasteiger partial charge in [0.25, 0.3) is 0 Å². The van der Waals surface area contributed by atoms with Gasteiger partial charge in [-0.3, -0.25) is 14.3 Å². The standard InChI is InChI=1S/C26H26N4O2/c31-25(27-20-11-5-2-6-12-20)24(19-9-3-1-4-10-19)29-17-15-21(16-18-29)30-23-14-8-7-13-22(23)28-26(30)32/h1-14,21,24H,15-18H2,(H,27,31)(H,28,32). The number of fused-ring (bicyclic) bond motifs is 1. The molecule has 32 heavy (non-hydrogen) atoms. The number of likely N-dealkylation sites (tertiary alicyclic amines) is 1. The first kappa shape index (κ1) is 20.3. The summed E-state index contributed by atoms with van der Waals surface area (Å²) in [4.78, 5) is 31.1. The lowest BCUT2D eigenvalue weighted by Crippen LogP contribution is -2.43. The molecule has 0 saturated carbocycles. The first-order valence-corrected chi connectivity index (χ1v) is 11.0. The van der Waals surface area contributed by atoms with Crippen LogP contribution in [0.3, 0.4) is 0 Å². The van der Waals surface area contributed by atoms with Gasteiger partial charge in [-0.25, -0.2) is 4.79 Å². The molecule has 3 aromatic carbocycles. The molecule has 1 saturated heterocycles. The van der Waals surface area contributed by atoms with Crippen LogP contribution in [0.15, 0.2) is 89.7 Å². The van der Waals surface area contributed by atoms with E-state index in [2.05, 4.69) is 15.2 Å². The minimum atomic E-state index is -0.378. The fourth-order valence-electron chi connectivity index (χ4n) is 4.73. The maximum atomic E-state index is 13.3. The molecule has 6 heteroatoms. The molecule has 6 nitrogen and oxygen atoms in total. The van der Waals surface area contributed by atoms with E-state index in [1.807, 2.05) is 89.5 Å². The summed E-state index contributed by atoms with van der Waals surface area (Å²) in [5.74, 6) is -0.0369. The van der Waals surface area contributed by atoms with Crippen LogP contribution in [0.25, 0.3) is 11.0 Å². The van der Waals surface area contributed by atoms with Crippen LogP contribution in [-0.2, 0) is 4.79 Å². The molecule has 1 unspecified atom stereocenters. The molecule has 162 valence electrons. The number of aromatic nitrogens is 2. The van der Waals surface area contributed by atoms with E-state index in [9.17, 15) is 9.59 Å². The molecule has 1 atom stereocenters. The lowest BCUT2D eigenvalue weighted by atomic mass is 9.98. The number of H-pyrrole nitrogens is 1. The van der Waals surface area contributed by atoms with E-state index in [1.54, 1.807) is 0 Å². The van der Waals surface area contributed by atoms with E-state index >= 15 is 0 Å². The minimum Gasteiger partial charge on any atom is -0.324 e. The Kier molecular flexibility index (Phi) is 5.60. The van der Waals surface area contributed by atoms with Gasteiger partial charge >= 0.3 is 5.69 Å². The molecular formula is C26H26N4O2. The molecule has 1 aliphatic rings. The first-order valence-electron chi connectivity index (χ1n) is 11.0. The van der Waals surface area contributed by atoms with Gasteiger partial charge in [-0.1, -0.05) is 60.7 Å². The highest BCUT2D eigenvalue weighted by molar-refractivity contribution is 5.95. The minimum absolute atomic E-state index is 0.0369. The zero-order valence-electron chi connectivity index (χ0n) is 17.8. The van der Waals surface area contributed by atoms with Crippen molar-refractivity contribution in [2.45, 2.75) is 24.9 Å². The van der Waals surface area contributed by atoms with Crippen LogP contribution < -0.4 is 11.0 Å². The largest absolute Gasteiger partial charge is 0.326 e. The topological polar surface area (TPSA) is 70.1 Å².